The first kappa shape index (κ1) is 13.9. The predicted molar refractivity (Wildman–Crippen MR) is 72.5 cm³/mol. The summed E-state index contributed by atoms with van der Waals surface area (Å²) in [5.41, 5.74) is 0.128. The van der Waals surface area contributed by atoms with Gasteiger partial charge in [-0.15, -0.1) is 0 Å². The number of nitrogens with zero attached hydrogens (tertiary/aromatic N) is 1. The van der Waals surface area contributed by atoms with Crippen LogP contribution < -0.4 is 0 Å². The molecule has 0 spiro atoms. The topological polar surface area (TPSA) is 40.5 Å². The maximum absolute atomic E-state index is 10.9. The van der Waals surface area contributed by atoms with Crippen LogP contribution in [0.25, 0.3) is 0 Å². The number of rotatable bonds is 5. The van der Waals surface area contributed by atoms with Gasteiger partial charge in [-0.1, -0.05) is 13.8 Å². The van der Waals surface area contributed by atoms with Gasteiger partial charge in [0.25, 0.3) is 0 Å². The van der Waals surface area contributed by atoms with Crippen LogP contribution in [-0.2, 0) is 4.79 Å². The van der Waals surface area contributed by atoms with E-state index < -0.39 is 5.97 Å². The second kappa shape index (κ2) is 5.60. The standard InChI is InChI=1S/C15H27NO2/c1-12(2)13-4-3-8-16(9-5-13)11-15(6-7-15)10-14(17)18/h12-13H,3-11H2,1-2H3,(H,17,18). The van der Waals surface area contributed by atoms with Crippen LogP contribution >= 0.6 is 0 Å². The van der Waals surface area contributed by atoms with E-state index in [2.05, 4.69) is 18.7 Å². The van der Waals surface area contributed by atoms with Gasteiger partial charge in [0.15, 0.2) is 0 Å². The molecule has 3 heteroatoms. The third kappa shape index (κ3) is 3.71. The quantitative estimate of drug-likeness (QED) is 0.819. The van der Waals surface area contributed by atoms with Gasteiger partial charge < -0.3 is 10.0 Å². The molecule has 0 aromatic heterocycles. The summed E-state index contributed by atoms with van der Waals surface area (Å²) in [7, 11) is 0. The van der Waals surface area contributed by atoms with Crippen LogP contribution in [0.1, 0.15) is 52.4 Å². The highest BCUT2D eigenvalue weighted by atomic mass is 16.4. The van der Waals surface area contributed by atoms with Crippen LogP contribution in [0, 0.1) is 17.3 Å². The molecule has 0 radical (unpaired) electrons. The van der Waals surface area contributed by atoms with E-state index in [1.165, 1.54) is 32.4 Å². The minimum atomic E-state index is -0.623. The highest BCUT2D eigenvalue weighted by Gasteiger charge is 2.45. The molecule has 1 atom stereocenters. The summed E-state index contributed by atoms with van der Waals surface area (Å²) >= 11 is 0. The second-order valence-electron chi connectivity index (χ2n) is 6.78. The first-order chi connectivity index (χ1) is 8.51. The minimum Gasteiger partial charge on any atom is -0.481 e. The molecule has 0 bridgehead atoms. The number of hydrogen-bond donors (Lipinski definition) is 1. The largest absolute Gasteiger partial charge is 0.481 e. The Kier molecular flexibility index (Phi) is 4.31. The van der Waals surface area contributed by atoms with E-state index in [-0.39, 0.29) is 5.41 Å². The summed E-state index contributed by atoms with van der Waals surface area (Å²) in [5.74, 6) is 1.03. The van der Waals surface area contributed by atoms with Gasteiger partial charge in [0, 0.05) is 6.54 Å². The van der Waals surface area contributed by atoms with Crippen LogP contribution in [0.15, 0.2) is 0 Å². The molecule has 0 aromatic carbocycles. The van der Waals surface area contributed by atoms with Crippen molar-refractivity contribution in [3.8, 4) is 0 Å². The van der Waals surface area contributed by atoms with Gasteiger partial charge in [0.2, 0.25) is 0 Å². The van der Waals surface area contributed by atoms with Gasteiger partial charge in [0.05, 0.1) is 6.42 Å². The van der Waals surface area contributed by atoms with Crippen molar-refractivity contribution >= 4 is 5.97 Å². The average molecular weight is 253 g/mol. The molecule has 3 nitrogen and oxygen atoms in total. The molecule has 2 rings (SSSR count). The van der Waals surface area contributed by atoms with Crippen LogP contribution in [0.2, 0.25) is 0 Å². The van der Waals surface area contributed by atoms with Crippen molar-refractivity contribution in [2.24, 2.45) is 17.3 Å². The Labute approximate surface area is 111 Å². The van der Waals surface area contributed by atoms with Gasteiger partial charge in [0.1, 0.15) is 0 Å². The van der Waals surface area contributed by atoms with Gasteiger partial charge in [-0.3, -0.25) is 4.79 Å². The molecule has 1 saturated heterocycles. The molecular formula is C15H27NO2. The summed E-state index contributed by atoms with van der Waals surface area (Å²) in [6.07, 6.45) is 6.52. The molecule has 0 aromatic rings. The highest BCUT2D eigenvalue weighted by molar-refractivity contribution is 5.68. The number of carboxylic acid groups (broad SMARTS) is 1. The summed E-state index contributed by atoms with van der Waals surface area (Å²) < 4.78 is 0. The lowest BCUT2D eigenvalue weighted by Gasteiger charge is -2.25. The fraction of sp³-hybridized carbons (Fsp3) is 0.933. The SMILES string of the molecule is CC(C)C1CCCN(CC2(CC(=O)O)CC2)CC1. The van der Waals surface area contributed by atoms with Crippen molar-refractivity contribution in [1.29, 1.82) is 0 Å². The Balaban J connectivity index is 1.82. The fourth-order valence-electron chi connectivity index (χ4n) is 3.37. The van der Waals surface area contributed by atoms with Gasteiger partial charge in [-0.05, 0) is 62.4 Å². The third-order valence-corrected chi connectivity index (χ3v) is 4.85. The van der Waals surface area contributed by atoms with E-state index in [9.17, 15) is 4.79 Å². The van der Waals surface area contributed by atoms with Crippen LogP contribution in [0.5, 0.6) is 0 Å². The van der Waals surface area contributed by atoms with Crippen LogP contribution in [0.3, 0.4) is 0 Å². The van der Waals surface area contributed by atoms with Crippen molar-refractivity contribution in [1.82, 2.24) is 4.90 Å². The van der Waals surface area contributed by atoms with E-state index >= 15 is 0 Å². The van der Waals surface area contributed by atoms with Crippen LogP contribution in [0.4, 0.5) is 0 Å². The Morgan fingerprint density at radius 3 is 2.61 bits per heavy atom. The number of hydrogen-bond acceptors (Lipinski definition) is 2. The number of carbonyl (C=O) groups is 1. The Morgan fingerprint density at radius 1 is 1.33 bits per heavy atom. The maximum atomic E-state index is 10.9. The number of carboxylic acids is 1. The summed E-state index contributed by atoms with van der Waals surface area (Å²) in [6, 6.07) is 0. The molecule has 1 aliphatic carbocycles. The zero-order chi connectivity index (χ0) is 13.2. The average Bonchev–Trinajstić information content (AvgIpc) is 3.03. The van der Waals surface area contributed by atoms with E-state index in [0.29, 0.717) is 6.42 Å². The van der Waals surface area contributed by atoms with E-state index in [1.54, 1.807) is 0 Å². The molecule has 1 heterocycles. The molecule has 1 saturated carbocycles. The van der Waals surface area contributed by atoms with Crippen LogP contribution in [-0.4, -0.2) is 35.6 Å². The van der Waals surface area contributed by atoms with E-state index in [0.717, 1.165) is 31.2 Å². The van der Waals surface area contributed by atoms with Crippen molar-refractivity contribution in [2.45, 2.75) is 52.4 Å². The normalized spacial score (nSPS) is 28.1. The first-order valence-electron chi connectivity index (χ1n) is 7.45. The van der Waals surface area contributed by atoms with Gasteiger partial charge >= 0.3 is 5.97 Å². The smallest absolute Gasteiger partial charge is 0.303 e. The second-order valence-corrected chi connectivity index (χ2v) is 6.78. The van der Waals surface area contributed by atoms with E-state index in [4.69, 9.17) is 5.11 Å². The van der Waals surface area contributed by atoms with Gasteiger partial charge in [-0.2, -0.15) is 0 Å². The minimum absolute atomic E-state index is 0.128. The Hall–Kier alpha value is -0.570. The molecule has 0 amide bonds. The molecule has 2 fully saturated rings. The Bertz CT molecular complexity index is 297. The Morgan fingerprint density at radius 2 is 2.06 bits per heavy atom. The van der Waals surface area contributed by atoms with Crippen molar-refractivity contribution in [3.05, 3.63) is 0 Å². The van der Waals surface area contributed by atoms with Crippen molar-refractivity contribution in [3.63, 3.8) is 0 Å². The maximum Gasteiger partial charge on any atom is 0.303 e. The van der Waals surface area contributed by atoms with Gasteiger partial charge in [-0.25, -0.2) is 0 Å². The summed E-state index contributed by atoms with van der Waals surface area (Å²) in [5, 5.41) is 8.97. The van der Waals surface area contributed by atoms with Crippen molar-refractivity contribution < 1.29 is 9.90 Å². The highest BCUT2D eigenvalue weighted by Crippen LogP contribution is 2.49. The molecular weight excluding hydrogens is 226 g/mol. The zero-order valence-corrected chi connectivity index (χ0v) is 11.8. The number of aliphatic carboxylic acids is 1. The molecule has 104 valence electrons. The third-order valence-electron chi connectivity index (χ3n) is 4.85. The lowest BCUT2D eigenvalue weighted by molar-refractivity contribution is -0.138. The molecule has 1 N–H and O–H groups in total. The molecule has 2 aliphatic rings. The summed E-state index contributed by atoms with van der Waals surface area (Å²) in [6.45, 7) is 8.01. The fourth-order valence-corrected chi connectivity index (χ4v) is 3.37. The molecule has 1 aliphatic heterocycles. The molecule has 1 unspecified atom stereocenters. The van der Waals surface area contributed by atoms with Crippen molar-refractivity contribution in [2.75, 3.05) is 19.6 Å². The first-order valence-corrected chi connectivity index (χ1v) is 7.45. The predicted octanol–water partition coefficient (Wildman–Crippen LogP) is 3.00. The molecule has 18 heavy (non-hydrogen) atoms. The number of likely N-dealkylation sites (tertiary alicyclic amines) is 1. The summed E-state index contributed by atoms with van der Waals surface area (Å²) in [4.78, 5) is 13.4. The zero-order valence-electron chi connectivity index (χ0n) is 11.8. The van der Waals surface area contributed by atoms with E-state index in [1.807, 2.05) is 0 Å². The lowest BCUT2D eigenvalue weighted by Crippen LogP contribution is -2.32. The lowest BCUT2D eigenvalue weighted by atomic mass is 9.89. The monoisotopic (exact) mass is 253 g/mol.